The minimum atomic E-state index is -3.80. The summed E-state index contributed by atoms with van der Waals surface area (Å²) in [7, 11) is -3.80. The lowest BCUT2D eigenvalue weighted by molar-refractivity contribution is 0.443. The van der Waals surface area contributed by atoms with Gasteiger partial charge in [0.2, 0.25) is 9.84 Å². The van der Waals surface area contributed by atoms with Gasteiger partial charge < -0.3 is 9.30 Å². The number of nitrogens with zero attached hydrogens (tertiary/aromatic N) is 1. The summed E-state index contributed by atoms with van der Waals surface area (Å²) < 4.78 is 36.6. The van der Waals surface area contributed by atoms with Crippen molar-refractivity contribution in [2.24, 2.45) is 0 Å². The molecule has 47 heavy (non-hydrogen) atoms. The van der Waals surface area contributed by atoms with Gasteiger partial charge in [0.1, 0.15) is 21.3 Å². The van der Waals surface area contributed by atoms with Crippen LogP contribution in [0.2, 0.25) is 0 Å². The highest BCUT2D eigenvalue weighted by molar-refractivity contribution is 7.91. The molecule has 0 N–H and O–H groups in total. The largest absolute Gasteiger partial charge is 0.455 e. The number of hydrogen-bond acceptors (Lipinski definition) is 3. The number of fused-ring (bicyclic) bond motifs is 13. The van der Waals surface area contributed by atoms with Gasteiger partial charge >= 0.3 is 0 Å². The smallest absolute Gasteiger partial charge is 0.213 e. The summed E-state index contributed by atoms with van der Waals surface area (Å²) in [6.07, 6.45) is 0. The lowest BCUT2D eigenvalue weighted by Crippen LogP contribution is -2.12. The van der Waals surface area contributed by atoms with Crippen LogP contribution in [0, 0.1) is 0 Å². The zero-order chi connectivity index (χ0) is 31.3. The summed E-state index contributed by atoms with van der Waals surface area (Å²) in [5, 5.41) is 2.42. The van der Waals surface area contributed by atoms with Crippen LogP contribution in [0.15, 0.2) is 161 Å². The van der Waals surface area contributed by atoms with E-state index in [9.17, 15) is 8.42 Å². The predicted molar refractivity (Wildman–Crippen MR) is 188 cm³/mol. The number of ether oxygens (including phenoxy) is 1. The summed E-state index contributed by atoms with van der Waals surface area (Å²) in [5.41, 5.74) is 11.4. The predicted octanol–water partition coefficient (Wildman–Crippen LogP) is 10.7. The Bertz CT molecular complexity index is 2690. The van der Waals surface area contributed by atoms with E-state index in [2.05, 4.69) is 108 Å². The van der Waals surface area contributed by atoms with Gasteiger partial charge in [-0.25, -0.2) is 8.42 Å². The molecule has 0 bridgehead atoms. The van der Waals surface area contributed by atoms with E-state index in [1.54, 1.807) is 24.3 Å². The number of rotatable bonds is 1. The molecule has 2 heterocycles. The highest BCUT2D eigenvalue weighted by Crippen LogP contribution is 2.52. The van der Waals surface area contributed by atoms with Crippen LogP contribution in [0.25, 0.3) is 72.0 Å². The van der Waals surface area contributed by atoms with Crippen LogP contribution in [0.1, 0.15) is 0 Å². The molecule has 0 atom stereocenters. The van der Waals surface area contributed by atoms with E-state index in [4.69, 9.17) is 4.74 Å². The molecular weight excluding hydrogens is 599 g/mol. The Morgan fingerprint density at radius 1 is 0.404 bits per heavy atom. The van der Waals surface area contributed by atoms with Gasteiger partial charge in [-0.2, -0.15) is 0 Å². The molecule has 0 radical (unpaired) electrons. The van der Waals surface area contributed by atoms with Gasteiger partial charge in [-0.15, -0.1) is 0 Å². The van der Waals surface area contributed by atoms with Crippen LogP contribution in [0.3, 0.4) is 0 Å². The van der Waals surface area contributed by atoms with Crippen molar-refractivity contribution in [3.8, 4) is 61.7 Å². The average molecular weight is 624 g/mol. The Balaban J connectivity index is 1.28. The highest BCUT2D eigenvalue weighted by Gasteiger charge is 2.34. The van der Waals surface area contributed by atoms with Crippen molar-refractivity contribution in [3.05, 3.63) is 152 Å². The van der Waals surface area contributed by atoms with Gasteiger partial charge in [0.25, 0.3) is 0 Å². The first-order chi connectivity index (χ1) is 23.1. The second-order valence-corrected chi connectivity index (χ2v) is 14.0. The molecule has 0 fully saturated rings. The van der Waals surface area contributed by atoms with Gasteiger partial charge in [0.15, 0.2) is 0 Å². The van der Waals surface area contributed by atoms with Crippen LogP contribution in [-0.4, -0.2) is 13.0 Å². The van der Waals surface area contributed by atoms with Crippen molar-refractivity contribution in [1.29, 1.82) is 0 Å². The normalized spacial score (nSPS) is 13.6. The summed E-state index contributed by atoms with van der Waals surface area (Å²) in [4.78, 5) is 0.371. The van der Waals surface area contributed by atoms with E-state index >= 15 is 0 Å². The zero-order valence-corrected chi connectivity index (χ0v) is 25.8. The summed E-state index contributed by atoms with van der Waals surface area (Å²) in [6, 6.07) is 51.0. The van der Waals surface area contributed by atoms with Crippen LogP contribution in [-0.2, 0) is 9.84 Å². The molecule has 10 rings (SSSR count). The fourth-order valence-electron chi connectivity index (χ4n) is 7.52. The van der Waals surface area contributed by atoms with E-state index in [0.717, 1.165) is 61.2 Å². The van der Waals surface area contributed by atoms with E-state index in [-0.39, 0.29) is 9.79 Å². The third-order valence-electron chi connectivity index (χ3n) is 9.59. The maximum Gasteiger partial charge on any atom is 0.213 e. The molecule has 1 aromatic heterocycles. The number of hydrogen-bond donors (Lipinski definition) is 0. The molecule has 2 aliphatic rings. The molecule has 222 valence electrons. The Morgan fingerprint density at radius 3 is 1.55 bits per heavy atom. The first-order valence-electron chi connectivity index (χ1n) is 15.6. The summed E-state index contributed by atoms with van der Waals surface area (Å²) >= 11 is 0. The lowest BCUT2D eigenvalue weighted by Gasteiger charge is -2.27. The molecule has 0 spiro atoms. The number of sulfone groups is 1. The Hall–Kier alpha value is -5.91. The zero-order valence-electron chi connectivity index (χ0n) is 25.0. The molecule has 0 saturated heterocycles. The van der Waals surface area contributed by atoms with Crippen molar-refractivity contribution in [2.45, 2.75) is 9.79 Å². The average Bonchev–Trinajstić information content (AvgIpc) is 3.45. The molecule has 5 heteroatoms. The van der Waals surface area contributed by atoms with Crippen LogP contribution in [0.5, 0.6) is 11.5 Å². The van der Waals surface area contributed by atoms with Crippen molar-refractivity contribution < 1.29 is 13.2 Å². The maximum absolute atomic E-state index is 14.0. The quantitative estimate of drug-likeness (QED) is 0.183. The summed E-state index contributed by atoms with van der Waals surface area (Å²) in [5.74, 6) is 0.694. The van der Waals surface area contributed by atoms with Gasteiger partial charge in [-0.3, -0.25) is 0 Å². The fourth-order valence-corrected chi connectivity index (χ4v) is 9.03. The van der Waals surface area contributed by atoms with Crippen LogP contribution >= 0.6 is 0 Å². The molecule has 0 unspecified atom stereocenters. The first-order valence-corrected chi connectivity index (χ1v) is 17.1. The standard InChI is InChI=1S/C42H25NO3S/c44-47(45)41-20-10-9-19-39(41)46-40-24-35-28-12-2-1-11-27(28)31-22-21-26(23-34(31)29-13-3-4-14-30(29)36(35)25-42(40)47)43-37-17-7-5-15-32(37)33-16-6-8-18-38(33)43/h1-25H. The Labute approximate surface area is 271 Å². The Morgan fingerprint density at radius 2 is 0.894 bits per heavy atom. The third-order valence-corrected chi connectivity index (χ3v) is 11.4. The van der Waals surface area contributed by atoms with Crippen molar-refractivity contribution in [1.82, 2.24) is 4.57 Å². The van der Waals surface area contributed by atoms with Gasteiger partial charge in [0, 0.05) is 16.5 Å². The minimum absolute atomic E-state index is 0.182. The van der Waals surface area contributed by atoms with E-state index < -0.39 is 9.84 Å². The number of benzene rings is 7. The van der Waals surface area contributed by atoms with Gasteiger partial charge in [-0.1, -0.05) is 103 Å². The first kappa shape index (κ1) is 26.3. The number of para-hydroxylation sites is 3. The van der Waals surface area contributed by atoms with E-state index in [1.807, 2.05) is 24.3 Å². The van der Waals surface area contributed by atoms with E-state index in [1.165, 1.54) is 10.8 Å². The molecule has 1 aliphatic heterocycles. The van der Waals surface area contributed by atoms with Crippen LogP contribution < -0.4 is 4.74 Å². The second-order valence-electron chi connectivity index (χ2n) is 12.1. The van der Waals surface area contributed by atoms with Crippen molar-refractivity contribution >= 4 is 31.6 Å². The van der Waals surface area contributed by atoms with Gasteiger partial charge in [-0.05, 0) is 93.0 Å². The fraction of sp³-hybridized carbons (Fsp3) is 0. The lowest BCUT2D eigenvalue weighted by atomic mass is 9.80. The molecule has 4 nitrogen and oxygen atoms in total. The highest BCUT2D eigenvalue weighted by atomic mass is 32.2. The Kier molecular flexibility index (Phi) is 5.35. The number of aromatic nitrogens is 1. The van der Waals surface area contributed by atoms with Crippen molar-refractivity contribution in [3.63, 3.8) is 0 Å². The molecule has 0 amide bonds. The SMILES string of the molecule is O=S1(=O)c2ccccc2Oc2cc3c(cc21)-c1ccccc1-c1cc(-n2c4ccccc4c4ccccc42)ccc1-c1ccccc1-3. The van der Waals surface area contributed by atoms with Gasteiger partial charge in [0.05, 0.1) is 11.0 Å². The summed E-state index contributed by atoms with van der Waals surface area (Å²) in [6.45, 7) is 0. The second kappa shape index (κ2) is 9.55. The molecular formula is C42H25NO3S. The molecule has 7 aromatic carbocycles. The van der Waals surface area contributed by atoms with Crippen LogP contribution in [0.4, 0.5) is 0 Å². The molecule has 0 saturated carbocycles. The topological polar surface area (TPSA) is 48.3 Å². The maximum atomic E-state index is 14.0. The molecule has 1 aliphatic carbocycles. The third kappa shape index (κ3) is 3.66. The minimum Gasteiger partial charge on any atom is -0.455 e. The molecule has 8 aromatic rings. The monoisotopic (exact) mass is 623 g/mol. The van der Waals surface area contributed by atoms with E-state index in [0.29, 0.717) is 11.5 Å². The van der Waals surface area contributed by atoms with Crippen molar-refractivity contribution in [2.75, 3.05) is 0 Å².